The van der Waals surface area contributed by atoms with Gasteiger partial charge in [0.2, 0.25) is 0 Å². The number of ether oxygens (including phenoxy) is 1. The van der Waals surface area contributed by atoms with Crippen molar-refractivity contribution in [2.75, 3.05) is 6.61 Å². The molecule has 0 saturated heterocycles. The van der Waals surface area contributed by atoms with Gasteiger partial charge in [-0.2, -0.15) is 0 Å². The van der Waals surface area contributed by atoms with Gasteiger partial charge in [0.05, 0.1) is 12.7 Å². The zero-order valence-corrected chi connectivity index (χ0v) is 16.3. The van der Waals surface area contributed by atoms with Crippen molar-refractivity contribution in [1.82, 2.24) is 5.09 Å². The van der Waals surface area contributed by atoms with Gasteiger partial charge >= 0.3 is 12.6 Å². The fourth-order valence-electron chi connectivity index (χ4n) is 1.78. The monoisotopic (exact) mass is 359 g/mol. The Morgan fingerprint density at radius 3 is 2.43 bits per heavy atom. The summed E-state index contributed by atoms with van der Waals surface area (Å²) in [7, 11) is 0. The maximum Gasteiger partial charge on any atom is 0.342 e. The molecule has 5 nitrogen and oxygen atoms in total. The van der Waals surface area contributed by atoms with Crippen molar-refractivity contribution in [3.8, 4) is 5.75 Å². The van der Waals surface area contributed by atoms with E-state index in [1.54, 1.807) is 38.1 Å². The van der Waals surface area contributed by atoms with Gasteiger partial charge in [-0.05, 0) is 65.5 Å². The normalized spacial score (nSPS) is 14.4. The fourth-order valence-corrected chi connectivity index (χ4v) is 4.91. The summed E-state index contributed by atoms with van der Waals surface area (Å²) in [6, 6.07) is 6.89. The van der Waals surface area contributed by atoms with Crippen molar-refractivity contribution >= 4 is 24.4 Å². The zero-order chi connectivity index (χ0) is 17.7. The van der Waals surface area contributed by atoms with Gasteiger partial charge < -0.3 is 13.8 Å². The molecule has 0 aliphatic carbocycles. The minimum Gasteiger partial charge on any atom is -0.459 e. The van der Waals surface area contributed by atoms with Crippen molar-refractivity contribution in [2.45, 2.75) is 53.2 Å². The Morgan fingerprint density at radius 2 is 1.91 bits per heavy atom. The number of hydrogen-bond donors (Lipinski definition) is 1. The lowest BCUT2D eigenvalue weighted by atomic mass is 10.1. The highest BCUT2D eigenvalue weighted by atomic mass is 32.5. The highest BCUT2D eigenvalue weighted by Gasteiger charge is 2.28. The van der Waals surface area contributed by atoms with Gasteiger partial charge in [0, 0.05) is 5.54 Å². The molecule has 23 heavy (non-hydrogen) atoms. The van der Waals surface area contributed by atoms with E-state index in [1.165, 1.54) is 0 Å². The molecule has 1 unspecified atom stereocenters. The molecule has 0 radical (unpaired) electrons. The minimum atomic E-state index is -2.79. The van der Waals surface area contributed by atoms with Crippen LogP contribution < -0.4 is 9.61 Å². The molecular formula is C16H26NO4PS. The fraction of sp³-hybridized carbons (Fsp3) is 0.562. The maximum atomic E-state index is 12.2. The smallest absolute Gasteiger partial charge is 0.342 e. The Labute approximate surface area is 143 Å². The number of rotatable bonds is 7. The molecular weight excluding hydrogens is 333 g/mol. The summed E-state index contributed by atoms with van der Waals surface area (Å²) < 4.78 is 16.9. The second-order valence-corrected chi connectivity index (χ2v) is 9.42. The van der Waals surface area contributed by atoms with Crippen molar-refractivity contribution in [1.29, 1.82) is 0 Å². The van der Waals surface area contributed by atoms with E-state index in [-0.39, 0.29) is 11.6 Å². The topological polar surface area (TPSA) is 56.8 Å². The summed E-state index contributed by atoms with van der Waals surface area (Å²) >= 11 is 5.57. The van der Waals surface area contributed by atoms with Crippen LogP contribution in [-0.4, -0.2) is 24.2 Å². The Morgan fingerprint density at radius 1 is 1.30 bits per heavy atom. The predicted octanol–water partition coefficient (Wildman–Crippen LogP) is 4.28. The molecule has 130 valence electrons. The Balaban J connectivity index is 3.10. The van der Waals surface area contributed by atoms with Crippen molar-refractivity contribution in [3.05, 3.63) is 29.8 Å². The second-order valence-electron chi connectivity index (χ2n) is 6.32. The van der Waals surface area contributed by atoms with Crippen LogP contribution in [0.3, 0.4) is 0 Å². The first kappa shape index (κ1) is 20.1. The first-order chi connectivity index (χ1) is 10.6. The predicted molar refractivity (Wildman–Crippen MR) is 96.4 cm³/mol. The molecule has 1 aromatic carbocycles. The quantitative estimate of drug-likeness (QED) is 0.579. The van der Waals surface area contributed by atoms with E-state index in [0.717, 1.165) is 0 Å². The summed E-state index contributed by atoms with van der Waals surface area (Å²) in [5.74, 6) is -0.0731. The van der Waals surface area contributed by atoms with E-state index in [2.05, 4.69) is 5.09 Å². The maximum absolute atomic E-state index is 12.2. The number of carbonyl (C=O) groups is 1. The van der Waals surface area contributed by atoms with Gasteiger partial charge in [0.25, 0.3) is 0 Å². The molecule has 0 fully saturated rings. The Kier molecular flexibility index (Phi) is 7.21. The molecule has 1 atom stereocenters. The van der Waals surface area contributed by atoms with Crippen LogP contribution in [-0.2, 0) is 21.1 Å². The van der Waals surface area contributed by atoms with Gasteiger partial charge in [-0.25, -0.2) is 9.88 Å². The van der Waals surface area contributed by atoms with Crippen molar-refractivity contribution in [2.24, 2.45) is 0 Å². The Bertz CT molecular complexity index is 584. The summed E-state index contributed by atoms with van der Waals surface area (Å²) in [6.07, 6.45) is -0.210. The summed E-state index contributed by atoms with van der Waals surface area (Å²) in [5, 5.41) is 3.22. The van der Waals surface area contributed by atoms with Crippen LogP contribution in [0.5, 0.6) is 5.75 Å². The molecule has 0 aliphatic heterocycles. The van der Waals surface area contributed by atoms with E-state index in [1.807, 2.05) is 27.7 Å². The third-order valence-electron chi connectivity index (χ3n) is 2.44. The summed E-state index contributed by atoms with van der Waals surface area (Å²) in [5.41, 5.74) is 0.0591. The number of carbonyl (C=O) groups excluding carboxylic acids is 1. The standard InChI is InChI=1S/C16H26NO4PS/c1-7-19-22(23,17-16(4,5)6)21-14-11-9-8-10-13(14)15(18)20-12(2)3/h8-12H,7H2,1-6H3,(H,17,23). The molecule has 7 heteroatoms. The number of nitrogens with one attached hydrogen (secondary N) is 1. The lowest BCUT2D eigenvalue weighted by Gasteiger charge is -2.31. The van der Waals surface area contributed by atoms with E-state index in [4.69, 9.17) is 25.6 Å². The Hall–Kier alpha value is -0.940. The van der Waals surface area contributed by atoms with Crippen molar-refractivity contribution in [3.63, 3.8) is 0 Å². The molecule has 0 amide bonds. The van der Waals surface area contributed by atoms with Gasteiger partial charge in [0.1, 0.15) is 11.3 Å². The third kappa shape index (κ3) is 7.00. The summed E-state index contributed by atoms with van der Waals surface area (Å²) in [4.78, 5) is 12.2. The molecule has 0 heterocycles. The van der Waals surface area contributed by atoms with Crippen LogP contribution in [0.1, 0.15) is 51.9 Å². The first-order valence-corrected chi connectivity index (χ1v) is 10.2. The van der Waals surface area contributed by atoms with E-state index >= 15 is 0 Å². The van der Waals surface area contributed by atoms with Crippen LogP contribution in [0, 0.1) is 0 Å². The molecule has 0 saturated carbocycles. The first-order valence-electron chi connectivity index (χ1n) is 7.60. The minimum absolute atomic E-state index is 0.210. The van der Waals surface area contributed by atoms with Gasteiger partial charge in [-0.15, -0.1) is 0 Å². The molecule has 0 aliphatic rings. The van der Waals surface area contributed by atoms with Crippen LogP contribution in [0.4, 0.5) is 0 Å². The van der Waals surface area contributed by atoms with Crippen LogP contribution in [0.2, 0.25) is 0 Å². The highest BCUT2D eigenvalue weighted by Crippen LogP contribution is 2.47. The number of benzene rings is 1. The number of para-hydroxylation sites is 1. The van der Waals surface area contributed by atoms with Crippen LogP contribution in [0.15, 0.2) is 24.3 Å². The SMILES string of the molecule is CCOP(=S)(NC(C)(C)C)Oc1ccccc1C(=O)OC(C)C. The average molecular weight is 359 g/mol. The second kappa shape index (κ2) is 8.25. The summed E-state index contributed by atoms with van der Waals surface area (Å²) in [6.45, 7) is 9.02. The van der Waals surface area contributed by atoms with Gasteiger partial charge in [0.15, 0.2) is 0 Å². The molecule has 1 rings (SSSR count). The lowest BCUT2D eigenvalue weighted by molar-refractivity contribution is 0.0376. The van der Waals surface area contributed by atoms with E-state index in [9.17, 15) is 4.79 Å². The van der Waals surface area contributed by atoms with Gasteiger partial charge in [-0.3, -0.25) is 0 Å². The highest BCUT2D eigenvalue weighted by molar-refractivity contribution is 8.09. The van der Waals surface area contributed by atoms with Gasteiger partial charge in [-0.1, -0.05) is 12.1 Å². The molecule has 1 aromatic rings. The van der Waals surface area contributed by atoms with Crippen LogP contribution in [0.25, 0.3) is 0 Å². The molecule has 0 spiro atoms. The molecule has 1 N–H and O–H groups in total. The van der Waals surface area contributed by atoms with Crippen molar-refractivity contribution < 1.29 is 18.6 Å². The average Bonchev–Trinajstić information content (AvgIpc) is 2.35. The molecule has 0 bridgehead atoms. The zero-order valence-electron chi connectivity index (χ0n) is 14.6. The number of hydrogen-bond acceptors (Lipinski definition) is 5. The largest absolute Gasteiger partial charge is 0.459 e. The third-order valence-corrected chi connectivity index (χ3v) is 5.23. The van der Waals surface area contributed by atoms with E-state index in [0.29, 0.717) is 17.9 Å². The molecule has 0 aromatic heterocycles. The van der Waals surface area contributed by atoms with Crippen LogP contribution >= 0.6 is 6.64 Å². The number of esters is 1. The van der Waals surface area contributed by atoms with E-state index < -0.39 is 12.6 Å². The lowest BCUT2D eigenvalue weighted by Crippen LogP contribution is -2.35.